The predicted octanol–water partition coefficient (Wildman–Crippen LogP) is 2.59. The molecule has 1 atom stereocenters. The number of thiol groups is 1. The zero-order valence-corrected chi connectivity index (χ0v) is 14.0. The Hall–Kier alpha value is -2.24. The molecule has 0 fully saturated rings. The van der Waals surface area contributed by atoms with E-state index in [0.29, 0.717) is 11.1 Å². The summed E-state index contributed by atoms with van der Waals surface area (Å²) in [5, 5.41) is -0.338. The largest absolute Gasteiger partial charge is 0.321 e. The fraction of sp³-hybridized carbons (Fsp3) is 0.211. The lowest BCUT2D eigenvalue weighted by molar-refractivity contribution is -0.122. The summed E-state index contributed by atoms with van der Waals surface area (Å²) < 4.78 is 0. The summed E-state index contributed by atoms with van der Waals surface area (Å²) in [6, 6.07) is 15.3. The standard InChI is InChI=1S/C19H19NO3S/c20-16(17(21)10-11-18(22)24)12-14-8-4-5-9-15(14)19(23)13-6-2-1-3-7-13/h1-9,16H,10-12,20H2,(H,22,24)/t16-/m0/s1. The lowest BCUT2D eigenvalue weighted by Gasteiger charge is -2.13. The first-order valence-electron chi connectivity index (χ1n) is 7.66. The molecule has 124 valence electrons. The summed E-state index contributed by atoms with van der Waals surface area (Å²) in [6.07, 6.45) is 0.396. The molecule has 0 aliphatic carbocycles. The number of hydrogen-bond acceptors (Lipinski definition) is 4. The fourth-order valence-electron chi connectivity index (χ4n) is 2.43. The zero-order chi connectivity index (χ0) is 17.5. The maximum atomic E-state index is 12.7. The molecule has 0 saturated heterocycles. The predicted molar refractivity (Wildman–Crippen MR) is 96.2 cm³/mol. The van der Waals surface area contributed by atoms with Crippen LogP contribution in [0, 0.1) is 0 Å². The second-order valence-electron chi connectivity index (χ2n) is 5.52. The number of nitrogens with two attached hydrogens (primary N) is 1. The van der Waals surface area contributed by atoms with Crippen LogP contribution in [-0.4, -0.2) is 22.7 Å². The number of rotatable bonds is 8. The van der Waals surface area contributed by atoms with Gasteiger partial charge in [-0.05, 0) is 12.0 Å². The van der Waals surface area contributed by atoms with Crippen LogP contribution in [0.4, 0.5) is 0 Å². The smallest absolute Gasteiger partial charge is 0.193 e. The molecule has 5 heteroatoms. The molecule has 0 spiro atoms. The van der Waals surface area contributed by atoms with E-state index < -0.39 is 6.04 Å². The normalized spacial score (nSPS) is 11.8. The van der Waals surface area contributed by atoms with Crippen molar-refractivity contribution in [2.24, 2.45) is 5.73 Å². The van der Waals surface area contributed by atoms with Gasteiger partial charge in [0, 0.05) is 24.0 Å². The molecule has 0 saturated carbocycles. The minimum atomic E-state index is -0.748. The van der Waals surface area contributed by atoms with Crippen LogP contribution in [0.1, 0.15) is 34.3 Å². The molecule has 0 aromatic heterocycles. The van der Waals surface area contributed by atoms with E-state index in [0.717, 1.165) is 5.56 Å². The molecule has 0 radical (unpaired) electrons. The topological polar surface area (TPSA) is 77.2 Å². The molecule has 0 aliphatic heterocycles. The van der Waals surface area contributed by atoms with E-state index in [9.17, 15) is 14.4 Å². The molecular weight excluding hydrogens is 322 g/mol. The van der Waals surface area contributed by atoms with Crippen LogP contribution >= 0.6 is 12.6 Å². The summed E-state index contributed by atoms with van der Waals surface area (Å²) in [5.74, 6) is -0.309. The van der Waals surface area contributed by atoms with Crippen LogP contribution in [0.25, 0.3) is 0 Å². The average Bonchev–Trinajstić information content (AvgIpc) is 2.60. The quantitative estimate of drug-likeness (QED) is 0.571. The van der Waals surface area contributed by atoms with Gasteiger partial charge in [-0.1, -0.05) is 54.6 Å². The van der Waals surface area contributed by atoms with E-state index in [4.69, 9.17) is 5.73 Å². The van der Waals surface area contributed by atoms with E-state index >= 15 is 0 Å². The van der Waals surface area contributed by atoms with Crippen molar-refractivity contribution in [3.63, 3.8) is 0 Å². The van der Waals surface area contributed by atoms with Gasteiger partial charge in [0.25, 0.3) is 0 Å². The third-order valence-corrected chi connectivity index (χ3v) is 3.96. The van der Waals surface area contributed by atoms with Crippen molar-refractivity contribution < 1.29 is 14.4 Å². The van der Waals surface area contributed by atoms with Crippen LogP contribution in [0.15, 0.2) is 54.6 Å². The Morgan fingerprint density at radius 3 is 2.21 bits per heavy atom. The summed E-state index contributed by atoms with van der Waals surface area (Å²) in [6.45, 7) is 0. The minimum absolute atomic E-state index is 0.0678. The molecule has 0 unspecified atom stereocenters. The summed E-state index contributed by atoms with van der Waals surface area (Å²) in [4.78, 5) is 35.5. The highest BCUT2D eigenvalue weighted by molar-refractivity contribution is 7.96. The molecular formula is C19H19NO3S. The van der Waals surface area contributed by atoms with Crippen molar-refractivity contribution in [2.75, 3.05) is 0 Å². The Morgan fingerprint density at radius 2 is 1.54 bits per heavy atom. The van der Waals surface area contributed by atoms with Crippen molar-refractivity contribution in [3.8, 4) is 0 Å². The van der Waals surface area contributed by atoms with E-state index in [-0.39, 0.29) is 35.9 Å². The molecule has 0 bridgehead atoms. The zero-order valence-electron chi connectivity index (χ0n) is 13.1. The van der Waals surface area contributed by atoms with Gasteiger partial charge in [-0.3, -0.25) is 14.4 Å². The van der Waals surface area contributed by atoms with Crippen LogP contribution in [-0.2, 0) is 16.0 Å². The monoisotopic (exact) mass is 341 g/mol. The maximum absolute atomic E-state index is 12.7. The third kappa shape index (κ3) is 4.88. The Labute approximate surface area is 146 Å². The molecule has 2 rings (SSSR count). The highest BCUT2D eigenvalue weighted by Crippen LogP contribution is 2.16. The molecule has 0 aliphatic rings. The van der Waals surface area contributed by atoms with E-state index in [1.807, 2.05) is 12.1 Å². The number of benzene rings is 2. The van der Waals surface area contributed by atoms with Crippen molar-refractivity contribution in [2.45, 2.75) is 25.3 Å². The van der Waals surface area contributed by atoms with Crippen molar-refractivity contribution in [1.82, 2.24) is 0 Å². The second-order valence-corrected chi connectivity index (χ2v) is 6.02. The SMILES string of the molecule is N[C@@H](Cc1ccccc1C(=O)c1ccccc1)C(=O)CCC(=O)S. The summed E-state index contributed by atoms with van der Waals surface area (Å²) in [7, 11) is 0. The number of carbonyl (C=O) groups excluding carboxylic acids is 3. The Morgan fingerprint density at radius 1 is 0.917 bits per heavy atom. The van der Waals surface area contributed by atoms with Crippen LogP contribution < -0.4 is 5.73 Å². The Balaban J connectivity index is 2.16. The number of ketones is 2. The van der Waals surface area contributed by atoms with Gasteiger partial charge in [0.2, 0.25) is 0 Å². The first kappa shape index (κ1) is 18.1. The molecule has 2 aromatic rings. The van der Waals surface area contributed by atoms with Gasteiger partial charge < -0.3 is 5.73 Å². The maximum Gasteiger partial charge on any atom is 0.193 e. The molecule has 2 N–H and O–H groups in total. The van der Waals surface area contributed by atoms with Crippen LogP contribution in [0.2, 0.25) is 0 Å². The van der Waals surface area contributed by atoms with E-state index in [1.165, 1.54) is 0 Å². The van der Waals surface area contributed by atoms with Crippen molar-refractivity contribution in [3.05, 3.63) is 71.3 Å². The lowest BCUT2D eigenvalue weighted by Crippen LogP contribution is -2.33. The highest BCUT2D eigenvalue weighted by Gasteiger charge is 2.19. The molecule has 0 amide bonds. The minimum Gasteiger partial charge on any atom is -0.321 e. The number of Topliss-reactive ketones (excluding diaryl/α,β-unsaturated/α-hetero) is 1. The fourth-order valence-corrected chi connectivity index (χ4v) is 2.54. The molecule has 4 nitrogen and oxygen atoms in total. The number of hydrogen-bond donors (Lipinski definition) is 2. The van der Waals surface area contributed by atoms with E-state index in [1.54, 1.807) is 42.5 Å². The molecule has 2 aromatic carbocycles. The van der Waals surface area contributed by atoms with Crippen LogP contribution in [0.5, 0.6) is 0 Å². The molecule has 24 heavy (non-hydrogen) atoms. The van der Waals surface area contributed by atoms with Gasteiger partial charge >= 0.3 is 0 Å². The highest BCUT2D eigenvalue weighted by atomic mass is 32.1. The van der Waals surface area contributed by atoms with Gasteiger partial charge in [0.15, 0.2) is 10.9 Å². The Bertz CT molecular complexity index is 743. The molecule has 0 heterocycles. The van der Waals surface area contributed by atoms with E-state index in [2.05, 4.69) is 12.6 Å². The lowest BCUT2D eigenvalue weighted by atomic mass is 9.93. The third-order valence-electron chi connectivity index (χ3n) is 3.74. The van der Waals surface area contributed by atoms with Gasteiger partial charge in [-0.15, -0.1) is 12.6 Å². The first-order chi connectivity index (χ1) is 11.5. The van der Waals surface area contributed by atoms with Gasteiger partial charge in [0.05, 0.1) is 6.04 Å². The second kappa shape index (κ2) is 8.57. The van der Waals surface area contributed by atoms with Crippen molar-refractivity contribution in [1.29, 1.82) is 0 Å². The van der Waals surface area contributed by atoms with Crippen LogP contribution in [0.3, 0.4) is 0 Å². The van der Waals surface area contributed by atoms with Crippen molar-refractivity contribution >= 4 is 29.3 Å². The average molecular weight is 341 g/mol. The number of carbonyl (C=O) groups is 3. The Kier molecular flexibility index (Phi) is 6.46. The van der Waals surface area contributed by atoms with Gasteiger partial charge in [-0.2, -0.15) is 0 Å². The first-order valence-corrected chi connectivity index (χ1v) is 8.11. The van der Waals surface area contributed by atoms with Gasteiger partial charge in [-0.25, -0.2) is 0 Å². The summed E-state index contributed by atoms with van der Waals surface area (Å²) in [5.41, 5.74) is 7.80. The summed E-state index contributed by atoms with van der Waals surface area (Å²) >= 11 is 3.65. The van der Waals surface area contributed by atoms with Gasteiger partial charge in [0.1, 0.15) is 5.78 Å².